The van der Waals surface area contributed by atoms with E-state index < -0.39 is 70.0 Å². The minimum atomic E-state index is -1.94. The molecular weight excluding hydrogens is 891 g/mol. The molecule has 1 aromatic carbocycles. The monoisotopic (exact) mass is 956 g/mol. The zero-order chi connectivity index (χ0) is 49.9. The third-order valence-electron chi connectivity index (χ3n) is 9.88. The molecule has 67 heavy (non-hydrogen) atoms. The van der Waals surface area contributed by atoms with Crippen LogP contribution in [0.25, 0.3) is 11.1 Å². The Morgan fingerprint density at radius 2 is 1.52 bits per heavy atom. The highest BCUT2D eigenvalue weighted by molar-refractivity contribution is 7.14. The number of carboxylic acids is 1. The fourth-order valence-corrected chi connectivity index (χ4v) is 7.60. The maximum atomic E-state index is 13.9. The van der Waals surface area contributed by atoms with Crippen molar-refractivity contribution in [2.24, 2.45) is 11.1 Å². The number of aliphatic hydroxyl groups is 1. The van der Waals surface area contributed by atoms with Crippen LogP contribution in [0.1, 0.15) is 108 Å². The predicted molar refractivity (Wildman–Crippen MR) is 246 cm³/mol. The average Bonchev–Trinajstić information content (AvgIpc) is 3.78. The Labute approximate surface area is 394 Å². The van der Waals surface area contributed by atoms with Crippen LogP contribution in [0.2, 0.25) is 0 Å². The molecule has 0 aliphatic carbocycles. The summed E-state index contributed by atoms with van der Waals surface area (Å²) in [4.78, 5) is 75.5. The molecule has 5 rings (SSSR count). The third kappa shape index (κ3) is 15.0. The highest BCUT2D eigenvalue weighted by atomic mass is 32.1. The number of amides is 3. The van der Waals surface area contributed by atoms with E-state index in [9.17, 15) is 34.2 Å². The molecule has 0 bridgehead atoms. The van der Waals surface area contributed by atoms with Crippen LogP contribution in [0.5, 0.6) is 5.75 Å². The number of aryl methyl sites for hydroxylation is 1. The molecule has 3 aromatic rings. The number of nitrogens with one attached hydrogen (secondary N) is 2. The Balaban J connectivity index is 1.37. The van der Waals surface area contributed by atoms with E-state index in [1.165, 1.54) is 12.3 Å². The Morgan fingerprint density at radius 1 is 0.896 bits per heavy atom. The van der Waals surface area contributed by atoms with Crippen LogP contribution in [-0.2, 0) is 52.9 Å². The maximum absolute atomic E-state index is 13.9. The minimum absolute atomic E-state index is 0.0520. The fourth-order valence-electron chi connectivity index (χ4n) is 6.92. The van der Waals surface area contributed by atoms with E-state index in [4.69, 9.17) is 28.5 Å². The number of anilines is 1. The lowest BCUT2D eigenvalue weighted by Gasteiger charge is -2.39. The SMILES string of the molecule is CC(C)(C)OC(=O)NCC(O)C[n+]1cc(-c2ccc3c(c2)CCC(C(C)(ON=C(C(=O)O)c2csc(NC(=O)OC(C)(C)C)n2)C(=O)OC(C)(C)C)O3)cn1CC1CN(C(=O)OC(C)(C)C)C1. The van der Waals surface area contributed by atoms with E-state index in [1.54, 1.807) is 73.3 Å². The van der Waals surface area contributed by atoms with Gasteiger partial charge in [0.25, 0.3) is 5.60 Å². The zero-order valence-electron chi connectivity index (χ0n) is 40.7. The third-order valence-corrected chi connectivity index (χ3v) is 10.6. The van der Waals surface area contributed by atoms with Gasteiger partial charge >= 0.3 is 30.2 Å². The number of benzene rings is 1. The van der Waals surface area contributed by atoms with Crippen LogP contribution >= 0.6 is 11.3 Å². The standard InChI is InChI=1S/C46H65N7O13S/c1-42(2,3)62-37(57)46(13,66-50-35(36(55)56)32-26-67-38(48-32)49-40(59)64-44(7,8)9)34-17-15-29-18-28(14-16-33(29)61-34)30-23-52(22-27-20-51(21-27)41(60)65-45(10,11)12)53(24-30)25-31(54)19-47-39(58)63-43(4,5)6/h14,16,18,23-24,26-27,31,34,54H,15,17,19-22,25H2,1-13H3,(H2-,47,48,49,55,56,58,59)/p+1. The number of carbonyl (C=O) groups is 5. The largest absolute Gasteiger partial charge is 0.485 e. The molecule has 1 saturated heterocycles. The van der Waals surface area contributed by atoms with Gasteiger partial charge in [0.1, 0.15) is 40.0 Å². The number of alkyl carbamates (subject to hydrolysis) is 1. The molecule has 0 saturated carbocycles. The van der Waals surface area contributed by atoms with Gasteiger partial charge in [-0.3, -0.25) is 5.32 Å². The van der Waals surface area contributed by atoms with Crippen molar-refractivity contribution in [1.82, 2.24) is 19.9 Å². The van der Waals surface area contributed by atoms with Crippen molar-refractivity contribution >= 4 is 52.4 Å². The Bertz CT molecular complexity index is 2300. The lowest BCUT2D eigenvalue weighted by atomic mass is 9.89. The number of hydrogen-bond donors (Lipinski definition) is 4. The topological polar surface area (TPSA) is 243 Å². The van der Waals surface area contributed by atoms with Gasteiger partial charge in [-0.1, -0.05) is 11.2 Å². The van der Waals surface area contributed by atoms with Gasteiger partial charge in [-0.05, 0) is 126 Å². The number of oxime groups is 1. The number of fused-ring (bicyclic) bond motifs is 1. The second-order valence-electron chi connectivity index (χ2n) is 20.8. The number of ether oxygens (including phenoxy) is 5. The number of nitrogens with zero attached hydrogens (tertiary/aromatic N) is 5. The Hall–Kier alpha value is -5.96. The van der Waals surface area contributed by atoms with Crippen molar-refractivity contribution in [3.05, 3.63) is 47.2 Å². The van der Waals surface area contributed by atoms with Crippen molar-refractivity contribution < 1.29 is 67.4 Å². The number of thiazole rings is 1. The van der Waals surface area contributed by atoms with Crippen LogP contribution in [0, 0.1) is 5.92 Å². The summed E-state index contributed by atoms with van der Waals surface area (Å²) < 4.78 is 32.2. The summed E-state index contributed by atoms with van der Waals surface area (Å²) in [6.07, 6.45) is 0.795. The number of esters is 1. The van der Waals surface area contributed by atoms with Gasteiger partial charge in [0, 0.05) is 24.4 Å². The molecule has 2 aliphatic rings. The summed E-state index contributed by atoms with van der Waals surface area (Å²) >= 11 is 0.946. The summed E-state index contributed by atoms with van der Waals surface area (Å²) in [5.74, 6) is -1.76. The van der Waals surface area contributed by atoms with Crippen LogP contribution < -0.4 is 20.1 Å². The normalized spacial score (nSPS) is 17.1. The molecule has 3 atom stereocenters. The number of aliphatic carboxylic acids is 1. The van der Waals surface area contributed by atoms with Crippen LogP contribution in [0.15, 0.2) is 41.1 Å². The van der Waals surface area contributed by atoms with E-state index in [0.29, 0.717) is 31.8 Å². The maximum Gasteiger partial charge on any atom is 0.413 e. The number of aliphatic hydroxyl groups excluding tert-OH is 1. The lowest BCUT2D eigenvalue weighted by Crippen LogP contribution is -2.56. The van der Waals surface area contributed by atoms with Gasteiger partial charge < -0.3 is 49.0 Å². The number of rotatable bonds is 14. The first-order valence-electron chi connectivity index (χ1n) is 22.1. The number of hydrogen-bond acceptors (Lipinski definition) is 15. The Morgan fingerprint density at radius 3 is 2.13 bits per heavy atom. The Kier molecular flexibility index (Phi) is 15.6. The molecule has 21 heteroatoms. The van der Waals surface area contributed by atoms with Gasteiger partial charge in [0.2, 0.25) is 11.9 Å². The van der Waals surface area contributed by atoms with Gasteiger partial charge in [-0.25, -0.2) is 29.0 Å². The summed E-state index contributed by atoms with van der Waals surface area (Å²) in [6, 6.07) is 5.61. The van der Waals surface area contributed by atoms with Gasteiger partial charge in [-0.2, -0.15) is 4.68 Å². The summed E-state index contributed by atoms with van der Waals surface area (Å²) in [5.41, 5.74) is -3.25. The minimum Gasteiger partial charge on any atom is -0.485 e. The van der Waals surface area contributed by atoms with Crippen LogP contribution in [-0.4, -0.2) is 121 Å². The molecule has 2 aromatic heterocycles. The lowest BCUT2D eigenvalue weighted by molar-refractivity contribution is -0.780. The molecule has 0 spiro atoms. The molecule has 0 radical (unpaired) electrons. The highest BCUT2D eigenvalue weighted by Gasteiger charge is 2.51. The first-order valence-corrected chi connectivity index (χ1v) is 23.0. The quantitative estimate of drug-likeness (QED) is 0.0456. The summed E-state index contributed by atoms with van der Waals surface area (Å²) in [5, 5.41) is 31.7. The van der Waals surface area contributed by atoms with E-state index in [1.807, 2.05) is 54.7 Å². The molecule has 4 heterocycles. The van der Waals surface area contributed by atoms with E-state index in [0.717, 1.165) is 28.0 Å². The van der Waals surface area contributed by atoms with Crippen molar-refractivity contribution in [1.29, 1.82) is 0 Å². The fraction of sp³-hybridized carbons (Fsp3) is 0.609. The highest BCUT2D eigenvalue weighted by Crippen LogP contribution is 2.37. The first kappa shape index (κ1) is 52.0. The molecule has 4 N–H and O–H groups in total. The first-order chi connectivity index (χ1) is 30.9. The second-order valence-corrected chi connectivity index (χ2v) is 21.7. The number of carbonyl (C=O) groups excluding carboxylic acids is 4. The van der Waals surface area contributed by atoms with Crippen molar-refractivity contribution in [2.45, 2.75) is 156 Å². The van der Waals surface area contributed by atoms with E-state index in [-0.39, 0.29) is 42.3 Å². The van der Waals surface area contributed by atoms with Crippen molar-refractivity contribution in [3.8, 4) is 16.9 Å². The van der Waals surface area contributed by atoms with E-state index in [2.05, 4.69) is 20.8 Å². The van der Waals surface area contributed by atoms with Crippen LogP contribution in [0.3, 0.4) is 0 Å². The van der Waals surface area contributed by atoms with Gasteiger partial charge in [0.15, 0.2) is 17.8 Å². The number of carboxylic acid groups (broad SMARTS) is 1. The smallest absolute Gasteiger partial charge is 0.413 e. The molecule has 3 unspecified atom stereocenters. The molecule has 3 amide bonds. The van der Waals surface area contributed by atoms with Gasteiger partial charge in [0.05, 0.1) is 24.8 Å². The average molecular weight is 957 g/mol. The van der Waals surface area contributed by atoms with Crippen LogP contribution in [0.4, 0.5) is 19.5 Å². The number of likely N-dealkylation sites (tertiary alicyclic amines) is 1. The van der Waals surface area contributed by atoms with Crippen molar-refractivity contribution in [2.75, 3.05) is 25.0 Å². The molecule has 2 aliphatic heterocycles. The number of aromatic nitrogens is 3. The van der Waals surface area contributed by atoms with Gasteiger partial charge in [-0.15, -0.1) is 16.0 Å². The molecule has 20 nitrogen and oxygen atoms in total. The molecular formula is C46H66N7O13S+. The molecule has 1 fully saturated rings. The zero-order valence-corrected chi connectivity index (χ0v) is 41.5. The summed E-state index contributed by atoms with van der Waals surface area (Å²) in [7, 11) is 0. The predicted octanol–water partition coefficient (Wildman–Crippen LogP) is 6.30. The van der Waals surface area contributed by atoms with Crippen molar-refractivity contribution in [3.63, 3.8) is 0 Å². The van der Waals surface area contributed by atoms with E-state index >= 15 is 0 Å². The summed E-state index contributed by atoms with van der Waals surface area (Å²) in [6.45, 7) is 23.9. The molecule has 368 valence electrons. The second kappa shape index (κ2) is 20.1.